The molecule has 0 aliphatic carbocycles. The first kappa shape index (κ1) is 14.3. The van der Waals surface area contributed by atoms with E-state index in [1.807, 2.05) is 13.8 Å². The quantitative estimate of drug-likeness (QED) is 0.908. The van der Waals surface area contributed by atoms with Crippen LogP contribution < -0.4 is 5.32 Å². The van der Waals surface area contributed by atoms with E-state index >= 15 is 0 Å². The second-order valence-corrected chi connectivity index (χ2v) is 5.04. The van der Waals surface area contributed by atoms with Crippen molar-refractivity contribution in [2.45, 2.75) is 38.3 Å². The Hall–Kier alpha value is -1.07. The lowest BCUT2D eigenvalue weighted by Crippen LogP contribution is -2.42. The summed E-state index contributed by atoms with van der Waals surface area (Å²) in [5, 5.41) is 3.06. The molecule has 2 unspecified atom stereocenters. The number of nitrogens with one attached hydrogen (secondary N) is 1. The minimum Gasteiger partial charge on any atom is -0.373 e. The maximum absolute atomic E-state index is 13.9. The van der Waals surface area contributed by atoms with E-state index in [9.17, 15) is 13.2 Å². The van der Waals surface area contributed by atoms with Crippen LogP contribution in [0.5, 0.6) is 0 Å². The maximum atomic E-state index is 13.9. The first-order chi connectivity index (χ1) is 8.98. The molecule has 0 spiro atoms. The molecule has 1 fully saturated rings. The summed E-state index contributed by atoms with van der Waals surface area (Å²) in [4.78, 5) is 0. The molecule has 1 aliphatic rings. The number of hydrogen-bond acceptors (Lipinski definition) is 2. The molecule has 106 valence electrons. The second kappa shape index (κ2) is 5.51. The van der Waals surface area contributed by atoms with Crippen LogP contribution in [0, 0.1) is 17.5 Å². The Morgan fingerprint density at radius 2 is 1.95 bits per heavy atom. The molecule has 19 heavy (non-hydrogen) atoms. The number of rotatable bonds is 4. The summed E-state index contributed by atoms with van der Waals surface area (Å²) in [6, 6.07) is 0.794. The Morgan fingerprint density at radius 3 is 2.42 bits per heavy atom. The van der Waals surface area contributed by atoms with Crippen LogP contribution in [0.25, 0.3) is 0 Å². The topological polar surface area (TPSA) is 21.3 Å². The monoisotopic (exact) mass is 273 g/mol. The van der Waals surface area contributed by atoms with Crippen LogP contribution in [-0.2, 0) is 4.74 Å². The van der Waals surface area contributed by atoms with Crippen molar-refractivity contribution in [3.05, 3.63) is 35.1 Å². The zero-order valence-electron chi connectivity index (χ0n) is 11.1. The molecular formula is C14H18F3NO. The van der Waals surface area contributed by atoms with Gasteiger partial charge in [0.2, 0.25) is 0 Å². The van der Waals surface area contributed by atoms with E-state index < -0.39 is 29.1 Å². The summed E-state index contributed by atoms with van der Waals surface area (Å²) in [5.74, 6) is -2.66. The predicted molar refractivity (Wildman–Crippen MR) is 66.3 cm³/mol. The van der Waals surface area contributed by atoms with Gasteiger partial charge in [-0.3, -0.25) is 0 Å². The van der Waals surface area contributed by atoms with Gasteiger partial charge in [0, 0.05) is 24.3 Å². The maximum Gasteiger partial charge on any atom is 0.133 e. The number of likely N-dealkylation sites (N-methyl/N-ethyl adjacent to an activating group) is 1. The highest BCUT2D eigenvalue weighted by Crippen LogP contribution is 2.39. The van der Waals surface area contributed by atoms with E-state index in [1.54, 1.807) is 0 Å². The van der Waals surface area contributed by atoms with E-state index in [0.29, 0.717) is 31.7 Å². The molecule has 0 saturated carbocycles. The van der Waals surface area contributed by atoms with Crippen molar-refractivity contribution in [2.24, 2.45) is 0 Å². The zero-order chi connectivity index (χ0) is 14.0. The van der Waals surface area contributed by atoms with Crippen LogP contribution >= 0.6 is 0 Å². The third-order valence-corrected chi connectivity index (χ3v) is 3.60. The molecule has 0 aromatic heterocycles. The Balaban J connectivity index is 2.44. The highest BCUT2D eigenvalue weighted by molar-refractivity contribution is 5.27. The summed E-state index contributed by atoms with van der Waals surface area (Å²) in [5.41, 5.74) is -0.817. The molecule has 2 nitrogen and oxygen atoms in total. The van der Waals surface area contributed by atoms with Crippen LogP contribution in [0.2, 0.25) is 0 Å². The molecule has 1 aliphatic heterocycles. The van der Waals surface area contributed by atoms with Crippen LogP contribution in [0.1, 0.15) is 38.3 Å². The average Bonchev–Trinajstić information content (AvgIpc) is 2.75. The minimum absolute atomic E-state index is 0.146. The van der Waals surface area contributed by atoms with Gasteiger partial charge in [-0.25, -0.2) is 13.2 Å². The Morgan fingerprint density at radius 1 is 1.32 bits per heavy atom. The summed E-state index contributed by atoms with van der Waals surface area (Å²) in [6.07, 6.45) is 1.56. The highest BCUT2D eigenvalue weighted by Gasteiger charge is 2.41. The van der Waals surface area contributed by atoms with Crippen LogP contribution in [-0.4, -0.2) is 18.8 Å². The second-order valence-electron chi connectivity index (χ2n) is 5.04. The highest BCUT2D eigenvalue weighted by atomic mass is 19.1. The van der Waals surface area contributed by atoms with Crippen LogP contribution in [0.4, 0.5) is 13.2 Å². The third-order valence-electron chi connectivity index (χ3n) is 3.60. The lowest BCUT2D eigenvalue weighted by molar-refractivity contribution is -0.0140. The molecule has 1 N–H and O–H groups in total. The van der Waals surface area contributed by atoms with Crippen LogP contribution in [0.15, 0.2) is 12.1 Å². The van der Waals surface area contributed by atoms with Gasteiger partial charge in [-0.2, -0.15) is 0 Å². The van der Waals surface area contributed by atoms with Crippen molar-refractivity contribution in [1.29, 1.82) is 0 Å². The lowest BCUT2D eigenvalue weighted by Gasteiger charge is -2.34. The number of benzene rings is 1. The van der Waals surface area contributed by atoms with Gasteiger partial charge in [-0.05, 0) is 26.3 Å². The van der Waals surface area contributed by atoms with Gasteiger partial charge >= 0.3 is 0 Å². The summed E-state index contributed by atoms with van der Waals surface area (Å²) in [6.45, 7) is 4.79. The summed E-state index contributed by atoms with van der Waals surface area (Å²) < 4.78 is 46.5. The van der Waals surface area contributed by atoms with Gasteiger partial charge in [-0.15, -0.1) is 0 Å². The SMILES string of the molecule is CCNC(c1c(F)cc(F)cc1F)C1(C)CCCO1. The van der Waals surface area contributed by atoms with Crippen molar-refractivity contribution in [2.75, 3.05) is 13.2 Å². The molecule has 0 radical (unpaired) electrons. The van der Waals surface area contributed by atoms with Gasteiger partial charge < -0.3 is 10.1 Å². The van der Waals surface area contributed by atoms with E-state index in [2.05, 4.69) is 5.32 Å². The molecule has 5 heteroatoms. The summed E-state index contributed by atoms with van der Waals surface area (Å²) in [7, 11) is 0. The first-order valence-corrected chi connectivity index (χ1v) is 6.49. The largest absolute Gasteiger partial charge is 0.373 e. The molecule has 0 amide bonds. The van der Waals surface area contributed by atoms with E-state index in [4.69, 9.17) is 4.74 Å². The fourth-order valence-electron chi connectivity index (χ4n) is 2.68. The molecule has 1 aromatic carbocycles. The number of halogens is 3. The van der Waals surface area contributed by atoms with Gasteiger partial charge in [0.15, 0.2) is 0 Å². The summed E-state index contributed by atoms with van der Waals surface area (Å²) >= 11 is 0. The average molecular weight is 273 g/mol. The van der Waals surface area contributed by atoms with Crippen LogP contribution in [0.3, 0.4) is 0 Å². The molecule has 1 aromatic rings. The molecular weight excluding hydrogens is 255 g/mol. The number of hydrogen-bond donors (Lipinski definition) is 1. The Kier molecular flexibility index (Phi) is 4.16. The van der Waals surface area contributed by atoms with E-state index in [1.165, 1.54) is 0 Å². The lowest BCUT2D eigenvalue weighted by atomic mass is 9.87. The van der Waals surface area contributed by atoms with E-state index in [-0.39, 0.29) is 5.56 Å². The molecule has 1 heterocycles. The molecule has 0 bridgehead atoms. The predicted octanol–water partition coefficient (Wildman–Crippen LogP) is 3.32. The van der Waals surface area contributed by atoms with Gasteiger partial charge in [-0.1, -0.05) is 6.92 Å². The van der Waals surface area contributed by atoms with Gasteiger partial charge in [0.25, 0.3) is 0 Å². The third kappa shape index (κ3) is 2.77. The Labute approximate surface area is 111 Å². The Bertz CT molecular complexity index is 435. The van der Waals surface area contributed by atoms with E-state index in [0.717, 1.165) is 6.42 Å². The fourth-order valence-corrected chi connectivity index (χ4v) is 2.68. The fraction of sp³-hybridized carbons (Fsp3) is 0.571. The van der Waals surface area contributed by atoms with Crippen molar-refractivity contribution in [3.8, 4) is 0 Å². The van der Waals surface area contributed by atoms with Crippen molar-refractivity contribution < 1.29 is 17.9 Å². The minimum atomic E-state index is -0.911. The standard InChI is InChI=1S/C14H18F3NO/c1-3-18-13(14(2)5-4-6-19-14)12-10(16)7-9(15)8-11(12)17/h7-8,13,18H,3-6H2,1-2H3. The molecule has 1 saturated heterocycles. The van der Waals surface area contributed by atoms with Crippen molar-refractivity contribution in [1.82, 2.24) is 5.32 Å². The van der Waals surface area contributed by atoms with Crippen molar-refractivity contribution >= 4 is 0 Å². The first-order valence-electron chi connectivity index (χ1n) is 6.49. The van der Waals surface area contributed by atoms with Crippen molar-refractivity contribution in [3.63, 3.8) is 0 Å². The zero-order valence-corrected chi connectivity index (χ0v) is 11.1. The molecule has 2 atom stereocenters. The smallest absolute Gasteiger partial charge is 0.133 e. The van der Waals surface area contributed by atoms with Gasteiger partial charge in [0.1, 0.15) is 17.5 Å². The molecule has 2 rings (SSSR count). The number of ether oxygens (including phenoxy) is 1. The van der Waals surface area contributed by atoms with Gasteiger partial charge in [0.05, 0.1) is 11.6 Å². The normalized spacial score (nSPS) is 24.7.